The summed E-state index contributed by atoms with van der Waals surface area (Å²) in [5.74, 6) is 0.271. The lowest BCUT2D eigenvalue weighted by atomic mass is 9.99. The van der Waals surface area contributed by atoms with Gasteiger partial charge in [0.25, 0.3) is 0 Å². The van der Waals surface area contributed by atoms with E-state index in [1.54, 1.807) is 0 Å². The average Bonchev–Trinajstić information content (AvgIpc) is 2.45. The van der Waals surface area contributed by atoms with E-state index in [0.29, 0.717) is 24.2 Å². The molecule has 23 heavy (non-hydrogen) atoms. The van der Waals surface area contributed by atoms with Gasteiger partial charge in [0, 0.05) is 11.5 Å². The van der Waals surface area contributed by atoms with Gasteiger partial charge in [-0.25, -0.2) is 4.79 Å². The van der Waals surface area contributed by atoms with E-state index in [2.05, 4.69) is 27.7 Å². The molecular formula is C19H28NO3+. The summed E-state index contributed by atoms with van der Waals surface area (Å²) >= 11 is 0. The van der Waals surface area contributed by atoms with Crippen LogP contribution >= 0.6 is 0 Å². The SMILES string of the molecule is CCc1cc2c(C)cc(=O)oc2c(C[NH+](C(C)C)C(C)C)c1O. The normalized spacial score (nSPS) is 12.0. The van der Waals surface area contributed by atoms with Gasteiger partial charge in [0.1, 0.15) is 12.3 Å². The number of fused-ring (bicyclic) bond motifs is 1. The Hall–Kier alpha value is -1.81. The van der Waals surface area contributed by atoms with Crippen molar-refractivity contribution < 1.29 is 14.4 Å². The van der Waals surface area contributed by atoms with Gasteiger partial charge in [-0.05, 0) is 58.2 Å². The van der Waals surface area contributed by atoms with E-state index in [1.165, 1.54) is 11.0 Å². The van der Waals surface area contributed by atoms with Crippen molar-refractivity contribution in [2.24, 2.45) is 0 Å². The highest BCUT2D eigenvalue weighted by Gasteiger charge is 2.24. The van der Waals surface area contributed by atoms with Crippen molar-refractivity contribution in [1.82, 2.24) is 0 Å². The molecule has 2 N–H and O–H groups in total. The fourth-order valence-electron chi connectivity index (χ4n) is 3.28. The lowest BCUT2D eigenvalue weighted by Crippen LogP contribution is -3.16. The molecule has 0 aliphatic heterocycles. The Kier molecular flexibility index (Phi) is 5.15. The zero-order valence-corrected chi connectivity index (χ0v) is 15.0. The third kappa shape index (κ3) is 3.42. The van der Waals surface area contributed by atoms with Gasteiger partial charge in [-0.15, -0.1) is 0 Å². The molecule has 2 rings (SSSR count). The van der Waals surface area contributed by atoms with Crippen molar-refractivity contribution >= 4 is 11.0 Å². The largest absolute Gasteiger partial charge is 0.507 e. The topological polar surface area (TPSA) is 54.9 Å². The van der Waals surface area contributed by atoms with Gasteiger partial charge >= 0.3 is 5.63 Å². The predicted molar refractivity (Wildman–Crippen MR) is 93.2 cm³/mol. The smallest absolute Gasteiger partial charge is 0.336 e. The molecular weight excluding hydrogens is 290 g/mol. The van der Waals surface area contributed by atoms with Crippen molar-refractivity contribution in [3.8, 4) is 5.75 Å². The zero-order chi connectivity index (χ0) is 17.3. The number of aromatic hydroxyl groups is 1. The van der Waals surface area contributed by atoms with Crippen LogP contribution in [0.3, 0.4) is 0 Å². The number of phenols is 1. The van der Waals surface area contributed by atoms with Crippen LogP contribution in [0.2, 0.25) is 0 Å². The lowest BCUT2D eigenvalue weighted by Gasteiger charge is -2.28. The van der Waals surface area contributed by atoms with Gasteiger partial charge in [-0.2, -0.15) is 0 Å². The van der Waals surface area contributed by atoms with Crippen molar-refractivity contribution in [3.63, 3.8) is 0 Å². The van der Waals surface area contributed by atoms with Crippen molar-refractivity contribution in [2.45, 2.75) is 66.6 Å². The predicted octanol–water partition coefficient (Wildman–Crippen LogP) is 2.57. The number of rotatable bonds is 5. The van der Waals surface area contributed by atoms with Gasteiger partial charge in [0.05, 0.1) is 17.6 Å². The van der Waals surface area contributed by atoms with E-state index < -0.39 is 0 Å². The van der Waals surface area contributed by atoms with E-state index in [0.717, 1.165) is 28.5 Å². The van der Waals surface area contributed by atoms with Crippen molar-refractivity contribution in [3.05, 3.63) is 39.2 Å². The molecule has 0 spiro atoms. The van der Waals surface area contributed by atoms with Crippen LogP contribution in [0.1, 0.15) is 51.3 Å². The molecule has 0 fully saturated rings. The quantitative estimate of drug-likeness (QED) is 0.833. The molecule has 0 radical (unpaired) electrons. The summed E-state index contributed by atoms with van der Waals surface area (Å²) in [6.45, 7) is 13.2. The van der Waals surface area contributed by atoms with E-state index >= 15 is 0 Å². The molecule has 0 atom stereocenters. The molecule has 1 heterocycles. The second-order valence-corrected chi connectivity index (χ2v) is 6.90. The second kappa shape index (κ2) is 6.75. The third-order valence-electron chi connectivity index (χ3n) is 4.63. The number of hydrogen-bond acceptors (Lipinski definition) is 3. The van der Waals surface area contributed by atoms with Gasteiger partial charge in [0.2, 0.25) is 0 Å². The number of benzene rings is 1. The molecule has 0 bridgehead atoms. The van der Waals surface area contributed by atoms with Crippen LogP contribution in [0.25, 0.3) is 11.0 Å². The number of quaternary nitrogens is 1. The monoisotopic (exact) mass is 318 g/mol. The highest BCUT2D eigenvalue weighted by Crippen LogP contribution is 2.32. The lowest BCUT2D eigenvalue weighted by molar-refractivity contribution is -0.955. The number of aryl methyl sites for hydroxylation is 2. The fraction of sp³-hybridized carbons (Fsp3) is 0.526. The maximum atomic E-state index is 11.8. The maximum Gasteiger partial charge on any atom is 0.336 e. The van der Waals surface area contributed by atoms with Crippen LogP contribution in [0, 0.1) is 6.92 Å². The molecule has 2 aromatic rings. The Balaban J connectivity index is 2.74. The van der Waals surface area contributed by atoms with Crippen LogP contribution in [-0.2, 0) is 13.0 Å². The van der Waals surface area contributed by atoms with Crippen LogP contribution in [0.4, 0.5) is 0 Å². The van der Waals surface area contributed by atoms with E-state index in [9.17, 15) is 9.90 Å². The second-order valence-electron chi connectivity index (χ2n) is 6.90. The van der Waals surface area contributed by atoms with Gasteiger partial charge in [-0.1, -0.05) is 6.92 Å². The Bertz CT molecular complexity index is 751. The zero-order valence-electron chi connectivity index (χ0n) is 15.0. The first-order chi connectivity index (χ1) is 10.8. The average molecular weight is 318 g/mol. The summed E-state index contributed by atoms with van der Waals surface area (Å²) in [5.41, 5.74) is 2.70. The van der Waals surface area contributed by atoms with Crippen molar-refractivity contribution in [2.75, 3.05) is 0 Å². The summed E-state index contributed by atoms with van der Waals surface area (Å²) in [7, 11) is 0. The minimum atomic E-state index is -0.365. The molecule has 0 saturated heterocycles. The Morgan fingerprint density at radius 3 is 2.30 bits per heavy atom. The van der Waals surface area contributed by atoms with Crippen molar-refractivity contribution in [1.29, 1.82) is 0 Å². The molecule has 0 saturated carbocycles. The van der Waals surface area contributed by atoms with Gasteiger partial charge in [0.15, 0.2) is 5.58 Å². The Morgan fingerprint density at radius 2 is 1.78 bits per heavy atom. The van der Waals surface area contributed by atoms with E-state index in [1.807, 2.05) is 19.9 Å². The van der Waals surface area contributed by atoms with Gasteiger partial charge < -0.3 is 14.4 Å². The molecule has 0 aliphatic carbocycles. The summed E-state index contributed by atoms with van der Waals surface area (Å²) in [6.07, 6.45) is 0.742. The molecule has 4 nitrogen and oxygen atoms in total. The molecule has 4 heteroatoms. The minimum Gasteiger partial charge on any atom is -0.507 e. The minimum absolute atomic E-state index is 0.271. The summed E-state index contributed by atoms with van der Waals surface area (Å²) in [5, 5.41) is 11.6. The maximum absolute atomic E-state index is 11.8. The molecule has 1 aromatic carbocycles. The number of hydrogen-bond donors (Lipinski definition) is 2. The van der Waals surface area contributed by atoms with Crippen LogP contribution in [0.5, 0.6) is 5.75 Å². The number of phenolic OH excluding ortho intramolecular Hbond substituents is 1. The Morgan fingerprint density at radius 1 is 1.17 bits per heavy atom. The summed E-state index contributed by atoms with van der Waals surface area (Å²) < 4.78 is 5.49. The van der Waals surface area contributed by atoms with Crippen LogP contribution in [-0.4, -0.2) is 17.2 Å². The third-order valence-corrected chi connectivity index (χ3v) is 4.63. The first-order valence-corrected chi connectivity index (χ1v) is 8.40. The van der Waals surface area contributed by atoms with Crippen LogP contribution < -0.4 is 10.5 Å². The highest BCUT2D eigenvalue weighted by atomic mass is 16.4. The number of nitrogens with one attached hydrogen (secondary N) is 1. The molecule has 0 aliphatic rings. The van der Waals surface area contributed by atoms with E-state index in [4.69, 9.17) is 4.42 Å². The molecule has 1 aromatic heterocycles. The van der Waals surface area contributed by atoms with E-state index in [-0.39, 0.29) is 11.4 Å². The highest BCUT2D eigenvalue weighted by molar-refractivity contribution is 5.86. The summed E-state index contributed by atoms with van der Waals surface area (Å²) in [4.78, 5) is 13.2. The first kappa shape index (κ1) is 17.5. The standard InChI is InChI=1S/C19H27NO3/c1-7-14-9-15-13(6)8-17(21)23-19(15)16(18(14)22)10-20(11(2)3)12(4)5/h8-9,11-12,22H,7,10H2,1-6H3/p+1. The molecule has 0 unspecified atom stereocenters. The Labute approximate surface area is 137 Å². The van der Waals surface area contributed by atoms with Gasteiger partial charge in [-0.3, -0.25) is 0 Å². The fourth-order valence-corrected chi connectivity index (χ4v) is 3.28. The molecule has 0 amide bonds. The van der Waals surface area contributed by atoms with Crippen LogP contribution in [0.15, 0.2) is 21.3 Å². The first-order valence-electron chi connectivity index (χ1n) is 8.40. The molecule has 126 valence electrons. The summed E-state index contributed by atoms with van der Waals surface area (Å²) in [6, 6.07) is 4.27.